The second-order valence-electron chi connectivity index (χ2n) is 4.00. The van der Waals surface area contributed by atoms with Crippen LogP contribution in [0.2, 0.25) is 0 Å². The molecule has 0 radical (unpaired) electrons. The minimum absolute atomic E-state index is 0. The number of hydrogen-bond donors (Lipinski definition) is 6. The van der Waals surface area contributed by atoms with E-state index in [2.05, 4.69) is 0 Å². The molecule has 0 aromatic rings. The molecule has 0 aromatic carbocycles. The van der Waals surface area contributed by atoms with Crippen molar-refractivity contribution in [3.63, 3.8) is 0 Å². The van der Waals surface area contributed by atoms with Crippen molar-refractivity contribution in [3.8, 4) is 0 Å². The van der Waals surface area contributed by atoms with Crippen molar-refractivity contribution in [2.75, 3.05) is 39.3 Å². The topological polar surface area (TPSA) is 226 Å². The third-order valence-electron chi connectivity index (χ3n) is 2.17. The average Bonchev–Trinajstić information content (AvgIpc) is 2.22. The minimum atomic E-state index is -1.23. The molecule has 0 aliphatic carbocycles. The zero-order valence-electron chi connectivity index (χ0n) is 12.7. The number of nitrogens with zero attached hydrogens (tertiary/aromatic N) is 2. The first-order chi connectivity index (χ1) is 9.20. The van der Waals surface area contributed by atoms with Gasteiger partial charge in [0, 0.05) is 32.6 Å². The van der Waals surface area contributed by atoms with E-state index in [1.807, 2.05) is 0 Å². The van der Waals surface area contributed by atoms with E-state index in [0.29, 0.717) is 0 Å². The Balaban J connectivity index is -0.000000602. The largest absolute Gasteiger partial charge is 0.480 e. The summed E-state index contributed by atoms with van der Waals surface area (Å²) in [5.41, 5.74) is 0. The summed E-state index contributed by atoms with van der Waals surface area (Å²) in [7, 11) is 0. The summed E-state index contributed by atoms with van der Waals surface area (Å²) in [6.45, 7) is -2.25. The maximum Gasteiger partial charge on any atom is 0.317 e. The van der Waals surface area contributed by atoms with Gasteiger partial charge in [0.15, 0.2) is 0 Å². The van der Waals surface area contributed by atoms with E-state index in [4.69, 9.17) is 20.4 Å². The van der Waals surface area contributed by atoms with Crippen LogP contribution in [0.5, 0.6) is 0 Å². The van der Waals surface area contributed by atoms with Gasteiger partial charge in [-0.1, -0.05) is 0 Å². The molecule has 0 amide bonds. The van der Waals surface area contributed by atoms with Gasteiger partial charge in [0.25, 0.3) is 0 Å². The Morgan fingerprint density at radius 2 is 0.739 bits per heavy atom. The smallest absolute Gasteiger partial charge is 0.317 e. The first kappa shape index (κ1) is 29.4. The molecule has 0 aliphatic rings. The number of carboxylic acids is 4. The van der Waals surface area contributed by atoms with E-state index in [0.717, 1.165) is 9.80 Å². The van der Waals surface area contributed by atoms with Crippen molar-refractivity contribution < 1.29 is 59.1 Å². The second kappa shape index (κ2) is 15.2. The molecule has 12 nitrogen and oxygen atoms in total. The van der Waals surface area contributed by atoms with Gasteiger partial charge in [0.1, 0.15) is 0 Å². The number of aliphatic carboxylic acids is 4. The standard InChI is InChI=1S/C10H16N2O8.2H3N.Zn/c13-7(14)3-11(4-8(15)16)1-2-12(5-9(17)18)6-10(19)20;;;/h1-6H2,(H,13,14)(H,15,16)(H,17,18)(H,19,20);2*1H3;. The average molecular weight is 392 g/mol. The molecule has 0 rings (SSSR count). The molecule has 13 heteroatoms. The van der Waals surface area contributed by atoms with Gasteiger partial charge in [-0.05, 0) is 0 Å². The molecular formula is C10H22N4O8Zn. The summed E-state index contributed by atoms with van der Waals surface area (Å²) < 4.78 is 0. The van der Waals surface area contributed by atoms with E-state index in [1.54, 1.807) is 0 Å². The summed E-state index contributed by atoms with van der Waals surface area (Å²) in [4.78, 5) is 44.4. The van der Waals surface area contributed by atoms with Crippen LogP contribution in [0.25, 0.3) is 0 Å². The van der Waals surface area contributed by atoms with Crippen molar-refractivity contribution in [1.29, 1.82) is 0 Å². The van der Waals surface area contributed by atoms with E-state index in [-0.39, 0.29) is 44.9 Å². The molecule has 23 heavy (non-hydrogen) atoms. The molecule has 10 N–H and O–H groups in total. The summed E-state index contributed by atoms with van der Waals surface area (Å²) >= 11 is 0. The van der Waals surface area contributed by atoms with Gasteiger partial charge in [-0.15, -0.1) is 0 Å². The van der Waals surface area contributed by atoms with Gasteiger partial charge in [0.2, 0.25) is 0 Å². The van der Waals surface area contributed by atoms with Crippen molar-refractivity contribution in [3.05, 3.63) is 0 Å². The zero-order valence-corrected chi connectivity index (χ0v) is 15.6. The van der Waals surface area contributed by atoms with Crippen LogP contribution in [-0.4, -0.2) is 93.4 Å². The van der Waals surface area contributed by atoms with E-state index in [9.17, 15) is 19.2 Å². The molecule has 0 atom stereocenters. The van der Waals surface area contributed by atoms with Crippen LogP contribution < -0.4 is 12.3 Å². The normalized spacial score (nSPS) is 9.30. The molecule has 0 aromatic heterocycles. The maximum absolute atomic E-state index is 10.6. The Bertz CT molecular complexity index is 327. The fraction of sp³-hybridized carbons (Fsp3) is 0.600. The minimum Gasteiger partial charge on any atom is -0.480 e. The van der Waals surface area contributed by atoms with Crippen LogP contribution in [0.4, 0.5) is 0 Å². The van der Waals surface area contributed by atoms with Gasteiger partial charge in [-0.2, -0.15) is 0 Å². The van der Waals surface area contributed by atoms with E-state index >= 15 is 0 Å². The van der Waals surface area contributed by atoms with Crippen LogP contribution in [0, 0.1) is 0 Å². The molecule has 0 spiro atoms. The molecule has 0 heterocycles. The third-order valence-corrected chi connectivity index (χ3v) is 2.17. The van der Waals surface area contributed by atoms with Gasteiger partial charge >= 0.3 is 23.9 Å². The summed E-state index contributed by atoms with van der Waals surface area (Å²) in [5.74, 6) is -4.91. The molecule has 0 aliphatic heterocycles. The Kier molecular flexibility index (Phi) is 19.5. The van der Waals surface area contributed by atoms with Crippen LogP contribution in [0.1, 0.15) is 0 Å². The number of carboxylic acid groups (broad SMARTS) is 4. The first-order valence-electron chi connectivity index (χ1n) is 5.52. The molecule has 0 saturated carbocycles. The number of carbonyl (C=O) groups is 4. The van der Waals surface area contributed by atoms with Gasteiger partial charge in [-0.25, -0.2) is 0 Å². The summed E-state index contributed by atoms with van der Waals surface area (Å²) in [6, 6.07) is 0. The van der Waals surface area contributed by atoms with E-state index < -0.39 is 50.1 Å². The van der Waals surface area contributed by atoms with Crippen LogP contribution in [0.3, 0.4) is 0 Å². The van der Waals surface area contributed by atoms with Crippen molar-refractivity contribution >= 4 is 23.9 Å². The quantitative estimate of drug-likeness (QED) is 0.215. The number of hydrogen-bond acceptors (Lipinski definition) is 8. The van der Waals surface area contributed by atoms with E-state index in [1.165, 1.54) is 0 Å². The van der Waals surface area contributed by atoms with Gasteiger partial charge in [0.05, 0.1) is 26.2 Å². The molecule has 0 unspecified atom stereocenters. The zero-order chi connectivity index (χ0) is 15.7. The molecular weight excluding hydrogens is 370 g/mol. The maximum atomic E-state index is 10.6. The van der Waals surface area contributed by atoms with Gasteiger partial charge < -0.3 is 32.7 Å². The fourth-order valence-electron chi connectivity index (χ4n) is 1.48. The Hall–Kier alpha value is -1.66. The predicted molar refractivity (Wildman–Crippen MR) is 73.5 cm³/mol. The predicted octanol–water partition coefficient (Wildman–Crippen LogP) is -1.75. The third kappa shape index (κ3) is 18.3. The second-order valence-corrected chi connectivity index (χ2v) is 4.00. The Labute approximate surface area is 145 Å². The SMILES string of the molecule is N.N.O=C(O)CN(CCN(CC(=O)O)CC(=O)O)CC(=O)O.[Zn]. The summed E-state index contributed by atoms with van der Waals surface area (Å²) in [5, 5.41) is 34.5. The monoisotopic (exact) mass is 390 g/mol. The van der Waals surface area contributed by atoms with Crippen LogP contribution in [0.15, 0.2) is 0 Å². The molecule has 132 valence electrons. The van der Waals surface area contributed by atoms with Crippen molar-refractivity contribution in [2.45, 2.75) is 0 Å². The fourth-order valence-corrected chi connectivity index (χ4v) is 1.48. The molecule has 0 saturated heterocycles. The summed E-state index contributed by atoms with van der Waals surface area (Å²) in [6.07, 6.45) is 0. The van der Waals surface area contributed by atoms with Crippen molar-refractivity contribution in [2.24, 2.45) is 0 Å². The first-order valence-corrected chi connectivity index (χ1v) is 5.52. The van der Waals surface area contributed by atoms with Gasteiger partial charge in [-0.3, -0.25) is 29.0 Å². The van der Waals surface area contributed by atoms with Crippen LogP contribution >= 0.6 is 0 Å². The Morgan fingerprint density at radius 1 is 0.565 bits per heavy atom. The van der Waals surface area contributed by atoms with Crippen LogP contribution in [-0.2, 0) is 38.7 Å². The molecule has 0 bridgehead atoms. The van der Waals surface area contributed by atoms with Crippen molar-refractivity contribution in [1.82, 2.24) is 22.1 Å². The number of rotatable bonds is 11. The Morgan fingerprint density at radius 3 is 0.870 bits per heavy atom. The molecule has 0 fully saturated rings.